The van der Waals surface area contributed by atoms with E-state index in [1.54, 1.807) is 36.9 Å². The van der Waals surface area contributed by atoms with Gasteiger partial charge < -0.3 is 24.8 Å². The molecule has 2 N–H and O–H groups in total. The monoisotopic (exact) mass is 597 g/mol. The van der Waals surface area contributed by atoms with Crippen molar-refractivity contribution >= 4 is 22.6 Å². The second-order valence-corrected chi connectivity index (χ2v) is 12.0. The third-order valence-electron chi connectivity index (χ3n) is 7.53. The highest BCUT2D eigenvalue weighted by atomic mass is 16.5. The van der Waals surface area contributed by atoms with E-state index in [4.69, 9.17) is 15.0 Å². The molecule has 0 aliphatic rings. The lowest BCUT2D eigenvalue weighted by molar-refractivity contribution is -0.136. The highest BCUT2D eigenvalue weighted by molar-refractivity contribution is 5.90. The minimum absolute atomic E-state index is 0.106. The van der Waals surface area contributed by atoms with E-state index in [0.717, 1.165) is 21.9 Å². The van der Waals surface area contributed by atoms with Crippen LogP contribution in [0.25, 0.3) is 10.8 Å². The van der Waals surface area contributed by atoms with Crippen molar-refractivity contribution in [2.24, 2.45) is 5.73 Å². The van der Waals surface area contributed by atoms with Crippen molar-refractivity contribution in [3.8, 4) is 0 Å². The van der Waals surface area contributed by atoms with Crippen LogP contribution in [0, 0.1) is 6.92 Å². The van der Waals surface area contributed by atoms with Crippen molar-refractivity contribution in [2.45, 2.75) is 57.7 Å². The number of amides is 2. The fourth-order valence-corrected chi connectivity index (χ4v) is 5.01. The second kappa shape index (κ2) is 14.9. The summed E-state index contributed by atoms with van der Waals surface area (Å²) in [5.74, 6) is 0.0276. The van der Waals surface area contributed by atoms with Crippen molar-refractivity contribution in [3.05, 3.63) is 108 Å². The van der Waals surface area contributed by atoms with E-state index in [0.29, 0.717) is 24.6 Å². The Morgan fingerprint density at radius 3 is 2.41 bits per heavy atom. The molecule has 0 fully saturated rings. The fraction of sp³-hybridized carbons (Fsp3) is 0.371. The number of carbonyl (C=O) groups is 2. The van der Waals surface area contributed by atoms with E-state index in [9.17, 15) is 9.59 Å². The molecule has 0 bridgehead atoms. The predicted octanol–water partition coefficient (Wildman–Crippen LogP) is 5.04. The molecule has 0 aliphatic heterocycles. The number of hydrogen-bond donors (Lipinski definition) is 1. The van der Waals surface area contributed by atoms with Crippen molar-refractivity contribution in [3.63, 3.8) is 0 Å². The molecule has 4 aromatic rings. The molecule has 3 aromatic carbocycles. The zero-order valence-electron chi connectivity index (χ0n) is 26.3. The van der Waals surface area contributed by atoms with Gasteiger partial charge in [-0.3, -0.25) is 9.59 Å². The summed E-state index contributed by atoms with van der Waals surface area (Å²) in [6.07, 6.45) is 4.47. The lowest BCUT2D eigenvalue weighted by atomic mass is 9.93. The number of carbonyl (C=O) groups excluding carboxylic acids is 2. The number of benzene rings is 3. The first kappa shape index (κ1) is 32.6. The van der Waals surface area contributed by atoms with E-state index >= 15 is 0 Å². The maximum absolute atomic E-state index is 14.4. The summed E-state index contributed by atoms with van der Waals surface area (Å²) in [4.78, 5) is 35.0. The Morgan fingerprint density at radius 1 is 1.02 bits per heavy atom. The Balaban J connectivity index is 1.59. The van der Waals surface area contributed by atoms with Crippen LogP contribution in [0.1, 0.15) is 49.0 Å². The number of likely N-dealkylation sites (N-methyl/N-ethyl adjacent to an activating group) is 2. The van der Waals surface area contributed by atoms with Crippen LogP contribution in [0.15, 0.2) is 89.5 Å². The van der Waals surface area contributed by atoms with Gasteiger partial charge in [-0.1, -0.05) is 84.0 Å². The van der Waals surface area contributed by atoms with Gasteiger partial charge in [0.2, 0.25) is 11.8 Å². The number of aromatic nitrogens is 2. The largest absolute Gasteiger partial charge is 0.369 e. The summed E-state index contributed by atoms with van der Waals surface area (Å²) < 4.78 is 11.2. The molecule has 0 radical (unpaired) electrons. The average molecular weight is 598 g/mol. The molecule has 1 aromatic heterocycles. The lowest BCUT2D eigenvalue weighted by Gasteiger charge is -2.33. The molecule has 0 spiro atoms. The van der Waals surface area contributed by atoms with Gasteiger partial charge in [0, 0.05) is 26.2 Å². The third kappa shape index (κ3) is 9.33. The van der Waals surface area contributed by atoms with Crippen LogP contribution in [0.3, 0.4) is 0 Å². The lowest BCUT2D eigenvalue weighted by Crippen LogP contribution is -2.46. The van der Waals surface area contributed by atoms with E-state index in [1.165, 1.54) is 6.08 Å². The first-order chi connectivity index (χ1) is 21.0. The van der Waals surface area contributed by atoms with Crippen LogP contribution in [0.4, 0.5) is 0 Å². The van der Waals surface area contributed by atoms with Crippen molar-refractivity contribution in [2.75, 3.05) is 27.2 Å². The third-order valence-corrected chi connectivity index (χ3v) is 7.53. The first-order valence-electron chi connectivity index (χ1n) is 14.9. The molecular formula is C35H43N5O4. The molecule has 232 valence electrons. The molecule has 2 atom stereocenters. The number of nitrogens with zero attached hydrogens (tertiary/aromatic N) is 4. The molecule has 0 saturated heterocycles. The topological polar surface area (TPSA) is 115 Å². The maximum Gasteiger partial charge on any atom is 0.252 e. The Bertz CT molecular complexity index is 1560. The van der Waals surface area contributed by atoms with E-state index in [2.05, 4.69) is 10.1 Å². The summed E-state index contributed by atoms with van der Waals surface area (Å²) in [6, 6.07) is 23.8. The van der Waals surface area contributed by atoms with Crippen LogP contribution < -0.4 is 5.73 Å². The summed E-state index contributed by atoms with van der Waals surface area (Å²) in [6.45, 7) is 6.18. The molecular weight excluding hydrogens is 554 g/mol. The summed E-state index contributed by atoms with van der Waals surface area (Å²) in [5, 5.41) is 5.94. The van der Waals surface area contributed by atoms with Crippen LogP contribution in [-0.2, 0) is 27.4 Å². The summed E-state index contributed by atoms with van der Waals surface area (Å²) >= 11 is 0. The molecule has 9 heteroatoms. The van der Waals surface area contributed by atoms with Crippen LogP contribution in [0.2, 0.25) is 0 Å². The number of rotatable bonds is 14. The molecule has 0 aliphatic carbocycles. The number of aryl methyl sites for hydroxylation is 1. The minimum atomic E-state index is -0.602. The van der Waals surface area contributed by atoms with Gasteiger partial charge in [0.15, 0.2) is 5.82 Å². The number of fused-ring (bicyclic) bond motifs is 1. The molecule has 9 nitrogen and oxygen atoms in total. The normalized spacial score (nSPS) is 13.2. The maximum atomic E-state index is 14.4. The Kier molecular flexibility index (Phi) is 11.0. The van der Waals surface area contributed by atoms with Gasteiger partial charge in [0.25, 0.3) is 5.89 Å². The van der Waals surface area contributed by atoms with Crippen LogP contribution >= 0.6 is 0 Å². The average Bonchev–Trinajstić information content (AvgIpc) is 3.42. The van der Waals surface area contributed by atoms with Gasteiger partial charge in [0.1, 0.15) is 6.61 Å². The Labute approximate surface area is 259 Å². The zero-order valence-corrected chi connectivity index (χ0v) is 26.3. The Morgan fingerprint density at radius 2 is 1.73 bits per heavy atom. The molecule has 4 rings (SSSR count). The standard InChI is InChI=1S/C35H43N5O4/c1-25-37-32(44-38-25)24-43-23-30(20-26-12-7-6-8-13-26)40(5)34(42)31(22-39(4)33(41)16-11-19-35(2,3)36)29-18-17-27-14-9-10-15-28(27)21-29/h6-18,21,30-31H,19-20,22-24,36H2,1-5H3/b16-11+/t30-,31?/m1/s1. The second-order valence-electron chi connectivity index (χ2n) is 12.0. The van der Waals surface area contributed by atoms with Crippen molar-refractivity contribution < 1.29 is 18.8 Å². The van der Waals surface area contributed by atoms with E-state index < -0.39 is 11.5 Å². The quantitative estimate of drug-likeness (QED) is 0.203. The predicted molar refractivity (Wildman–Crippen MR) is 172 cm³/mol. The van der Waals surface area contributed by atoms with E-state index in [-0.39, 0.29) is 37.6 Å². The summed E-state index contributed by atoms with van der Waals surface area (Å²) in [5.41, 5.74) is 7.58. The first-order valence-corrected chi connectivity index (χ1v) is 14.9. The highest BCUT2D eigenvalue weighted by Crippen LogP contribution is 2.26. The molecule has 1 unspecified atom stereocenters. The number of ether oxygens (including phenoxy) is 1. The van der Waals surface area contributed by atoms with Gasteiger partial charge in [0.05, 0.1) is 18.6 Å². The molecule has 44 heavy (non-hydrogen) atoms. The number of hydrogen-bond acceptors (Lipinski definition) is 7. The molecule has 2 amide bonds. The Hall–Kier alpha value is -4.34. The van der Waals surface area contributed by atoms with Gasteiger partial charge >= 0.3 is 0 Å². The SMILES string of the molecule is Cc1noc(COC[C@@H](Cc2ccccc2)N(C)C(=O)C(CN(C)C(=O)/C=C/CC(C)(C)N)c2ccc3ccccc3c2)n1. The van der Waals surface area contributed by atoms with Gasteiger partial charge in [-0.15, -0.1) is 0 Å². The van der Waals surface area contributed by atoms with Gasteiger partial charge in [-0.05, 0) is 61.6 Å². The van der Waals surface area contributed by atoms with Gasteiger partial charge in [-0.25, -0.2) is 0 Å². The molecule has 1 heterocycles. The zero-order chi connectivity index (χ0) is 31.7. The van der Waals surface area contributed by atoms with Crippen molar-refractivity contribution in [1.29, 1.82) is 0 Å². The van der Waals surface area contributed by atoms with Crippen LogP contribution in [0.5, 0.6) is 0 Å². The smallest absolute Gasteiger partial charge is 0.252 e. The van der Waals surface area contributed by atoms with Gasteiger partial charge in [-0.2, -0.15) is 4.98 Å². The van der Waals surface area contributed by atoms with E-state index in [1.807, 2.05) is 86.6 Å². The highest BCUT2D eigenvalue weighted by Gasteiger charge is 2.31. The fourth-order valence-electron chi connectivity index (χ4n) is 5.01. The van der Waals surface area contributed by atoms with Crippen LogP contribution in [-0.4, -0.2) is 70.6 Å². The van der Waals surface area contributed by atoms with Crippen molar-refractivity contribution in [1.82, 2.24) is 19.9 Å². The number of nitrogens with two attached hydrogens (primary N) is 1. The summed E-state index contributed by atoms with van der Waals surface area (Å²) in [7, 11) is 3.52. The molecule has 0 saturated carbocycles. The minimum Gasteiger partial charge on any atom is -0.369 e.